The molecule has 1 aromatic rings. The minimum absolute atomic E-state index is 0.0414. The molecular weight excluding hydrogens is 272 g/mol. The molecule has 16 heavy (non-hydrogen) atoms. The molecule has 0 aromatic heterocycles. The van der Waals surface area contributed by atoms with Gasteiger partial charge in [0, 0.05) is 10.6 Å². The summed E-state index contributed by atoms with van der Waals surface area (Å²) in [5.41, 5.74) is 0.986. The molecule has 6 heteroatoms. The number of alkyl halides is 1. The van der Waals surface area contributed by atoms with E-state index in [0.717, 1.165) is 0 Å². The summed E-state index contributed by atoms with van der Waals surface area (Å²) in [4.78, 5) is 13.5. The fourth-order valence-corrected chi connectivity index (χ4v) is 2.65. The standard InChI is InChI=1S/C10H6Cl3NO2/c11-5-2-1-3-6-8(5)10(13,4-7(15)16)9(12)14-6/h1-3H,4H2,(H,15,16). The molecule has 0 saturated carbocycles. The Kier molecular flexibility index (Phi) is 2.86. The highest BCUT2D eigenvalue weighted by Crippen LogP contribution is 2.49. The Morgan fingerprint density at radius 3 is 2.75 bits per heavy atom. The second-order valence-corrected chi connectivity index (χ2v) is 4.82. The summed E-state index contributed by atoms with van der Waals surface area (Å²) in [7, 11) is 0. The van der Waals surface area contributed by atoms with Gasteiger partial charge >= 0.3 is 5.97 Å². The molecule has 1 aromatic carbocycles. The van der Waals surface area contributed by atoms with Crippen LogP contribution in [0, 0.1) is 0 Å². The first-order valence-electron chi connectivity index (χ1n) is 4.39. The molecule has 1 heterocycles. The zero-order valence-electron chi connectivity index (χ0n) is 7.88. The molecule has 0 spiro atoms. The van der Waals surface area contributed by atoms with Crippen molar-refractivity contribution in [3.05, 3.63) is 28.8 Å². The van der Waals surface area contributed by atoms with Crippen molar-refractivity contribution in [3.63, 3.8) is 0 Å². The minimum atomic E-state index is -1.35. The van der Waals surface area contributed by atoms with E-state index in [1.807, 2.05) is 0 Å². The number of nitrogens with zero attached hydrogens (tertiary/aromatic N) is 1. The van der Waals surface area contributed by atoms with Crippen LogP contribution in [0.3, 0.4) is 0 Å². The second-order valence-electron chi connectivity index (χ2n) is 3.41. The summed E-state index contributed by atoms with van der Waals surface area (Å²) in [6, 6.07) is 5.03. The largest absolute Gasteiger partial charge is 0.481 e. The summed E-state index contributed by atoms with van der Waals surface area (Å²) >= 11 is 18.1. The van der Waals surface area contributed by atoms with E-state index in [0.29, 0.717) is 16.3 Å². The van der Waals surface area contributed by atoms with Crippen molar-refractivity contribution in [1.29, 1.82) is 0 Å². The van der Waals surface area contributed by atoms with E-state index < -0.39 is 10.8 Å². The first kappa shape index (κ1) is 11.7. The van der Waals surface area contributed by atoms with Crippen molar-refractivity contribution in [2.75, 3.05) is 0 Å². The molecule has 1 atom stereocenters. The van der Waals surface area contributed by atoms with Crippen molar-refractivity contribution in [1.82, 2.24) is 0 Å². The number of carboxylic acids is 1. The average Bonchev–Trinajstić information content (AvgIpc) is 2.39. The van der Waals surface area contributed by atoms with E-state index in [4.69, 9.17) is 39.9 Å². The molecule has 2 rings (SSSR count). The van der Waals surface area contributed by atoms with Crippen molar-refractivity contribution < 1.29 is 9.90 Å². The van der Waals surface area contributed by atoms with Crippen LogP contribution >= 0.6 is 34.8 Å². The average molecular weight is 279 g/mol. The number of halogens is 3. The van der Waals surface area contributed by atoms with Gasteiger partial charge in [0.2, 0.25) is 0 Å². The van der Waals surface area contributed by atoms with Gasteiger partial charge < -0.3 is 5.11 Å². The smallest absolute Gasteiger partial charge is 0.305 e. The molecule has 0 bridgehead atoms. The SMILES string of the molecule is O=C(O)CC1(Cl)C(Cl)=Nc2cccc(Cl)c21. The third-order valence-electron chi connectivity index (χ3n) is 2.33. The van der Waals surface area contributed by atoms with Gasteiger partial charge in [0.1, 0.15) is 10.0 Å². The lowest BCUT2D eigenvalue weighted by molar-refractivity contribution is -0.137. The Bertz CT molecular complexity index is 501. The Balaban J connectivity index is 2.59. The van der Waals surface area contributed by atoms with Gasteiger partial charge in [0.25, 0.3) is 0 Å². The van der Waals surface area contributed by atoms with Gasteiger partial charge in [-0.15, -0.1) is 11.6 Å². The van der Waals surface area contributed by atoms with E-state index in [2.05, 4.69) is 4.99 Å². The van der Waals surface area contributed by atoms with E-state index >= 15 is 0 Å². The summed E-state index contributed by atoms with van der Waals surface area (Å²) in [6.45, 7) is 0. The predicted octanol–water partition coefficient (Wildman–Crippen LogP) is 3.53. The number of hydrogen-bond acceptors (Lipinski definition) is 2. The van der Waals surface area contributed by atoms with Gasteiger partial charge in [-0.1, -0.05) is 29.3 Å². The zero-order valence-corrected chi connectivity index (χ0v) is 10.1. The molecule has 0 radical (unpaired) electrons. The van der Waals surface area contributed by atoms with Crippen LogP contribution in [0.2, 0.25) is 5.02 Å². The van der Waals surface area contributed by atoms with Gasteiger partial charge in [-0.3, -0.25) is 4.79 Å². The number of aliphatic imine (C=N–C) groups is 1. The Hall–Kier alpha value is -0.770. The normalized spacial score (nSPS) is 22.8. The van der Waals surface area contributed by atoms with Gasteiger partial charge in [0.05, 0.1) is 12.1 Å². The molecule has 1 unspecified atom stereocenters. The maximum atomic E-state index is 10.8. The van der Waals surface area contributed by atoms with Crippen molar-refractivity contribution >= 4 is 51.6 Å². The van der Waals surface area contributed by atoms with Crippen LogP contribution in [0.4, 0.5) is 5.69 Å². The molecule has 0 amide bonds. The molecule has 0 saturated heterocycles. The zero-order chi connectivity index (χ0) is 11.9. The van der Waals surface area contributed by atoms with Crippen molar-refractivity contribution in [2.45, 2.75) is 11.3 Å². The number of rotatable bonds is 2. The van der Waals surface area contributed by atoms with Gasteiger partial charge in [-0.2, -0.15) is 0 Å². The lowest BCUT2D eigenvalue weighted by Gasteiger charge is -2.20. The third-order valence-corrected chi connectivity index (χ3v) is 3.65. The highest BCUT2D eigenvalue weighted by molar-refractivity contribution is 6.73. The number of hydrogen-bond donors (Lipinski definition) is 1. The van der Waals surface area contributed by atoms with Gasteiger partial charge in [0.15, 0.2) is 0 Å². The molecule has 84 valence electrons. The monoisotopic (exact) mass is 277 g/mol. The molecule has 0 aliphatic carbocycles. The van der Waals surface area contributed by atoms with Crippen LogP contribution in [-0.4, -0.2) is 16.2 Å². The van der Waals surface area contributed by atoms with Gasteiger partial charge in [-0.05, 0) is 12.1 Å². The van der Waals surface area contributed by atoms with E-state index in [1.165, 1.54) is 0 Å². The Labute approximate surface area is 107 Å². The summed E-state index contributed by atoms with van der Waals surface area (Å²) in [6.07, 6.45) is -0.354. The maximum absolute atomic E-state index is 10.8. The Morgan fingerprint density at radius 2 is 2.12 bits per heavy atom. The first-order valence-corrected chi connectivity index (χ1v) is 5.53. The number of fused-ring (bicyclic) bond motifs is 1. The van der Waals surface area contributed by atoms with Gasteiger partial charge in [-0.25, -0.2) is 4.99 Å². The quantitative estimate of drug-likeness (QED) is 0.841. The number of carbonyl (C=O) groups is 1. The Morgan fingerprint density at radius 1 is 1.44 bits per heavy atom. The summed E-state index contributed by atoms with van der Waals surface area (Å²) < 4.78 is 0. The van der Waals surface area contributed by atoms with Crippen LogP contribution in [0.1, 0.15) is 12.0 Å². The molecule has 0 fully saturated rings. The third kappa shape index (κ3) is 1.69. The number of aliphatic carboxylic acids is 1. The van der Waals surface area contributed by atoms with Crippen LogP contribution in [0.15, 0.2) is 23.2 Å². The topological polar surface area (TPSA) is 49.7 Å². The van der Waals surface area contributed by atoms with Crippen LogP contribution < -0.4 is 0 Å². The van der Waals surface area contributed by atoms with Crippen LogP contribution in [0.25, 0.3) is 0 Å². The number of benzene rings is 1. The lowest BCUT2D eigenvalue weighted by atomic mass is 9.96. The van der Waals surface area contributed by atoms with E-state index in [9.17, 15) is 4.79 Å². The second kappa shape index (κ2) is 3.91. The summed E-state index contributed by atoms with van der Waals surface area (Å²) in [5, 5.41) is 9.24. The minimum Gasteiger partial charge on any atom is -0.481 e. The molecule has 1 aliphatic rings. The van der Waals surface area contributed by atoms with E-state index in [1.54, 1.807) is 18.2 Å². The van der Waals surface area contributed by atoms with Crippen LogP contribution in [-0.2, 0) is 9.67 Å². The van der Waals surface area contributed by atoms with Crippen molar-refractivity contribution in [2.24, 2.45) is 4.99 Å². The van der Waals surface area contributed by atoms with Crippen LogP contribution in [0.5, 0.6) is 0 Å². The first-order chi connectivity index (χ1) is 7.45. The lowest BCUT2D eigenvalue weighted by Crippen LogP contribution is -2.26. The molecule has 1 aliphatic heterocycles. The van der Waals surface area contributed by atoms with Crippen molar-refractivity contribution in [3.8, 4) is 0 Å². The predicted molar refractivity (Wildman–Crippen MR) is 64.2 cm³/mol. The molecule has 3 nitrogen and oxygen atoms in total. The highest BCUT2D eigenvalue weighted by atomic mass is 35.5. The number of carboxylic acid groups (broad SMARTS) is 1. The van der Waals surface area contributed by atoms with E-state index in [-0.39, 0.29) is 11.6 Å². The fraction of sp³-hybridized carbons (Fsp3) is 0.200. The highest BCUT2D eigenvalue weighted by Gasteiger charge is 2.44. The molecular formula is C10H6Cl3NO2. The fourth-order valence-electron chi connectivity index (χ4n) is 1.67. The maximum Gasteiger partial charge on any atom is 0.305 e. The summed E-state index contributed by atoms with van der Waals surface area (Å²) in [5.74, 6) is -1.06. The molecule has 1 N–H and O–H groups in total.